The lowest BCUT2D eigenvalue weighted by molar-refractivity contribution is -0.116. The molecule has 0 spiro atoms. The van der Waals surface area contributed by atoms with Crippen LogP contribution in [-0.4, -0.2) is 11.3 Å². The van der Waals surface area contributed by atoms with Crippen molar-refractivity contribution in [3.8, 4) is 0 Å². The molecule has 0 unspecified atom stereocenters. The number of halogens is 1. The van der Waals surface area contributed by atoms with Crippen molar-refractivity contribution in [2.75, 3.05) is 11.1 Å². The van der Waals surface area contributed by atoms with E-state index in [0.29, 0.717) is 12.1 Å². The zero-order valence-corrected chi connectivity index (χ0v) is 7.64. The van der Waals surface area contributed by atoms with E-state index in [2.05, 4.69) is 5.32 Å². The molecule has 1 aliphatic heterocycles. The summed E-state index contributed by atoms with van der Waals surface area (Å²) in [5.74, 6) is -0.153. The summed E-state index contributed by atoms with van der Waals surface area (Å²) in [6.45, 7) is 0. The Bertz CT molecular complexity index is 365. The number of nitrogen functional groups attached to an aromatic ring is 1. The predicted molar refractivity (Wildman–Crippen MR) is 52.8 cm³/mol. The van der Waals surface area contributed by atoms with Gasteiger partial charge in [-0.3, -0.25) is 4.79 Å². The second kappa shape index (κ2) is 2.92. The Kier molecular flexibility index (Phi) is 1.88. The first-order valence-electron chi connectivity index (χ1n) is 4.00. The third kappa shape index (κ3) is 1.47. The SMILES string of the molecule is Nc1ccc2c(c1)NC(=O)[C@H](Cl)C2. The number of nitrogens with one attached hydrogen (secondary N) is 1. The van der Waals surface area contributed by atoms with Gasteiger partial charge in [0.25, 0.3) is 0 Å². The Labute approximate surface area is 80.9 Å². The van der Waals surface area contributed by atoms with Gasteiger partial charge in [0, 0.05) is 11.4 Å². The Balaban J connectivity index is 2.42. The van der Waals surface area contributed by atoms with Crippen LogP contribution in [0.3, 0.4) is 0 Å². The van der Waals surface area contributed by atoms with Crippen LogP contribution in [0.2, 0.25) is 0 Å². The standard InChI is InChI=1S/C9H9ClN2O/c10-7-3-5-1-2-6(11)4-8(5)12-9(7)13/h1-2,4,7H,3,11H2,(H,12,13)/t7-/m1/s1. The first-order chi connectivity index (χ1) is 6.16. The Hall–Kier alpha value is -1.22. The number of anilines is 2. The van der Waals surface area contributed by atoms with Gasteiger partial charge >= 0.3 is 0 Å². The van der Waals surface area contributed by atoms with Crippen LogP contribution in [0, 0.1) is 0 Å². The van der Waals surface area contributed by atoms with Crippen molar-refractivity contribution in [3.05, 3.63) is 23.8 Å². The minimum absolute atomic E-state index is 0.153. The van der Waals surface area contributed by atoms with Crippen molar-refractivity contribution in [2.24, 2.45) is 0 Å². The van der Waals surface area contributed by atoms with Gasteiger partial charge < -0.3 is 11.1 Å². The first-order valence-corrected chi connectivity index (χ1v) is 4.44. The lowest BCUT2D eigenvalue weighted by Crippen LogP contribution is -2.30. The molecule has 3 N–H and O–H groups in total. The minimum atomic E-state index is -0.462. The molecule has 3 nitrogen and oxygen atoms in total. The molecule has 13 heavy (non-hydrogen) atoms. The van der Waals surface area contributed by atoms with Crippen molar-refractivity contribution in [3.63, 3.8) is 0 Å². The normalized spacial score (nSPS) is 20.7. The second-order valence-corrected chi connectivity index (χ2v) is 3.60. The zero-order valence-electron chi connectivity index (χ0n) is 6.88. The average molecular weight is 197 g/mol. The van der Waals surface area contributed by atoms with Gasteiger partial charge in [-0.25, -0.2) is 0 Å². The highest BCUT2D eigenvalue weighted by Crippen LogP contribution is 2.26. The smallest absolute Gasteiger partial charge is 0.242 e. The van der Waals surface area contributed by atoms with E-state index >= 15 is 0 Å². The highest BCUT2D eigenvalue weighted by Gasteiger charge is 2.23. The fourth-order valence-electron chi connectivity index (χ4n) is 1.39. The van der Waals surface area contributed by atoms with Crippen LogP contribution in [0.4, 0.5) is 11.4 Å². The summed E-state index contributed by atoms with van der Waals surface area (Å²) in [4.78, 5) is 11.2. The average Bonchev–Trinajstić information content (AvgIpc) is 2.08. The molecule has 0 bridgehead atoms. The highest BCUT2D eigenvalue weighted by atomic mass is 35.5. The summed E-state index contributed by atoms with van der Waals surface area (Å²) in [6, 6.07) is 5.44. The Morgan fingerprint density at radius 1 is 1.54 bits per heavy atom. The lowest BCUT2D eigenvalue weighted by Gasteiger charge is -2.20. The van der Waals surface area contributed by atoms with Gasteiger partial charge in [0.2, 0.25) is 5.91 Å². The maximum atomic E-state index is 11.2. The molecular weight excluding hydrogens is 188 g/mol. The van der Waals surface area contributed by atoms with E-state index in [1.54, 1.807) is 12.1 Å². The molecule has 1 atom stereocenters. The van der Waals surface area contributed by atoms with E-state index in [1.807, 2.05) is 6.07 Å². The van der Waals surface area contributed by atoms with Gasteiger partial charge in [0.05, 0.1) is 0 Å². The third-order valence-electron chi connectivity index (χ3n) is 2.08. The number of hydrogen-bond acceptors (Lipinski definition) is 2. The summed E-state index contributed by atoms with van der Waals surface area (Å²) in [7, 11) is 0. The maximum Gasteiger partial charge on any atom is 0.242 e. The molecule has 1 amide bonds. The second-order valence-electron chi connectivity index (χ2n) is 3.08. The van der Waals surface area contributed by atoms with Crippen LogP contribution in [-0.2, 0) is 11.2 Å². The van der Waals surface area contributed by atoms with Gasteiger partial charge in [-0.05, 0) is 24.1 Å². The van der Waals surface area contributed by atoms with E-state index in [4.69, 9.17) is 17.3 Å². The molecule has 1 aromatic rings. The molecular formula is C9H9ClN2O. The Morgan fingerprint density at radius 3 is 3.08 bits per heavy atom. The van der Waals surface area contributed by atoms with E-state index in [-0.39, 0.29) is 5.91 Å². The maximum absolute atomic E-state index is 11.2. The van der Waals surface area contributed by atoms with Gasteiger partial charge in [-0.2, -0.15) is 0 Å². The number of carbonyl (C=O) groups is 1. The summed E-state index contributed by atoms with van der Waals surface area (Å²) >= 11 is 5.79. The fraction of sp³-hybridized carbons (Fsp3) is 0.222. The van der Waals surface area contributed by atoms with E-state index < -0.39 is 5.38 Å². The molecule has 0 fully saturated rings. The third-order valence-corrected chi connectivity index (χ3v) is 2.43. The number of fused-ring (bicyclic) bond motifs is 1. The fourth-order valence-corrected chi connectivity index (χ4v) is 1.61. The van der Waals surface area contributed by atoms with Crippen LogP contribution < -0.4 is 11.1 Å². The number of amides is 1. The van der Waals surface area contributed by atoms with Gasteiger partial charge in [0.1, 0.15) is 5.38 Å². The van der Waals surface area contributed by atoms with Crippen LogP contribution in [0.25, 0.3) is 0 Å². The molecule has 0 aromatic heterocycles. The van der Waals surface area contributed by atoms with Gasteiger partial charge in [-0.1, -0.05) is 6.07 Å². The molecule has 0 saturated heterocycles. The number of rotatable bonds is 0. The first kappa shape index (κ1) is 8.38. The molecule has 1 heterocycles. The minimum Gasteiger partial charge on any atom is -0.399 e. The van der Waals surface area contributed by atoms with E-state index in [0.717, 1.165) is 11.3 Å². The van der Waals surface area contributed by atoms with Crippen molar-refractivity contribution in [1.29, 1.82) is 0 Å². The van der Waals surface area contributed by atoms with E-state index in [9.17, 15) is 4.79 Å². The largest absolute Gasteiger partial charge is 0.399 e. The molecule has 4 heteroatoms. The van der Waals surface area contributed by atoms with Crippen molar-refractivity contribution in [1.82, 2.24) is 0 Å². The number of hydrogen-bond donors (Lipinski definition) is 2. The summed E-state index contributed by atoms with van der Waals surface area (Å²) in [5, 5.41) is 2.24. The van der Waals surface area contributed by atoms with E-state index in [1.165, 1.54) is 0 Å². The molecule has 68 valence electrons. The summed E-state index contributed by atoms with van der Waals surface area (Å²) in [6.07, 6.45) is 0.572. The molecule has 0 radical (unpaired) electrons. The molecule has 0 aliphatic carbocycles. The summed E-state index contributed by atoms with van der Waals surface area (Å²) < 4.78 is 0. The monoisotopic (exact) mass is 196 g/mol. The van der Waals surface area contributed by atoms with Crippen LogP contribution in [0.5, 0.6) is 0 Å². The quantitative estimate of drug-likeness (QED) is 0.487. The predicted octanol–water partition coefficient (Wildman–Crippen LogP) is 1.37. The number of alkyl halides is 1. The van der Waals surface area contributed by atoms with Crippen LogP contribution in [0.15, 0.2) is 18.2 Å². The molecule has 1 aliphatic rings. The number of benzene rings is 1. The topological polar surface area (TPSA) is 55.1 Å². The van der Waals surface area contributed by atoms with Crippen molar-refractivity contribution < 1.29 is 4.79 Å². The van der Waals surface area contributed by atoms with Crippen LogP contribution >= 0.6 is 11.6 Å². The number of carbonyl (C=O) groups excluding carboxylic acids is 1. The Morgan fingerprint density at radius 2 is 2.31 bits per heavy atom. The van der Waals surface area contributed by atoms with Gasteiger partial charge in [0.15, 0.2) is 0 Å². The highest BCUT2D eigenvalue weighted by molar-refractivity contribution is 6.33. The van der Waals surface area contributed by atoms with Crippen molar-refractivity contribution >= 4 is 28.9 Å². The summed E-state index contributed by atoms with van der Waals surface area (Å²) in [5.41, 5.74) is 8.04. The zero-order chi connectivity index (χ0) is 9.42. The van der Waals surface area contributed by atoms with Crippen LogP contribution in [0.1, 0.15) is 5.56 Å². The van der Waals surface area contributed by atoms with Crippen molar-refractivity contribution in [2.45, 2.75) is 11.8 Å². The van der Waals surface area contributed by atoms with Gasteiger partial charge in [-0.15, -0.1) is 11.6 Å². The lowest BCUT2D eigenvalue weighted by atomic mass is 10.0. The molecule has 0 saturated carbocycles. The molecule has 1 aromatic carbocycles. The number of nitrogens with two attached hydrogens (primary N) is 1. The molecule has 2 rings (SSSR count).